The third kappa shape index (κ3) is 3.36. The fourth-order valence-electron chi connectivity index (χ4n) is 1.54. The number of amides is 1. The maximum absolute atomic E-state index is 11.4. The molecule has 0 saturated heterocycles. The molecule has 0 bridgehead atoms. The Hall–Kier alpha value is -1.23. The predicted octanol–water partition coefficient (Wildman–Crippen LogP) is 1.91. The van der Waals surface area contributed by atoms with Crippen molar-refractivity contribution in [3.8, 4) is 0 Å². The average Bonchev–Trinajstić information content (AvgIpc) is 2.30. The summed E-state index contributed by atoms with van der Waals surface area (Å²) in [5, 5.41) is 2.62. The summed E-state index contributed by atoms with van der Waals surface area (Å²) in [6.45, 7) is 5.07. The monoisotopic (exact) mass is 299 g/mol. The number of nitrogens with two attached hydrogens (primary N) is 1. The Morgan fingerprint density at radius 3 is 2.71 bits per heavy atom. The number of rotatable bonds is 4. The van der Waals surface area contributed by atoms with Crippen LogP contribution in [0.2, 0.25) is 0 Å². The fourth-order valence-corrected chi connectivity index (χ4v) is 2.16. The van der Waals surface area contributed by atoms with Crippen molar-refractivity contribution in [2.45, 2.75) is 13.8 Å². The van der Waals surface area contributed by atoms with E-state index in [1.807, 2.05) is 30.9 Å². The second kappa shape index (κ2) is 5.91. The molecule has 1 amide bonds. The topological polar surface area (TPSA) is 58.4 Å². The molecule has 1 aromatic rings. The van der Waals surface area contributed by atoms with Crippen LogP contribution in [-0.2, 0) is 4.79 Å². The van der Waals surface area contributed by atoms with Crippen LogP contribution < -0.4 is 16.0 Å². The van der Waals surface area contributed by atoms with Gasteiger partial charge in [-0.25, -0.2) is 0 Å². The number of nitrogens with one attached hydrogen (secondary N) is 1. The normalized spacial score (nSPS) is 10.1. The van der Waals surface area contributed by atoms with Gasteiger partial charge in [-0.05, 0) is 47.5 Å². The van der Waals surface area contributed by atoms with Gasteiger partial charge in [0.25, 0.3) is 0 Å². The molecule has 17 heavy (non-hydrogen) atoms. The van der Waals surface area contributed by atoms with Crippen LogP contribution in [0.4, 0.5) is 11.4 Å². The molecule has 94 valence electrons. The van der Waals surface area contributed by atoms with Crippen molar-refractivity contribution in [1.29, 1.82) is 0 Å². The molecule has 0 aliphatic heterocycles. The number of benzene rings is 1. The van der Waals surface area contributed by atoms with Gasteiger partial charge in [-0.2, -0.15) is 0 Å². The van der Waals surface area contributed by atoms with Crippen molar-refractivity contribution in [1.82, 2.24) is 5.32 Å². The Kier molecular flexibility index (Phi) is 4.81. The zero-order valence-corrected chi connectivity index (χ0v) is 12.0. The summed E-state index contributed by atoms with van der Waals surface area (Å²) in [5.74, 6) is -0.00627. The third-order valence-electron chi connectivity index (χ3n) is 2.67. The fraction of sp³-hybridized carbons (Fsp3) is 0.417. The highest BCUT2D eigenvalue weighted by Crippen LogP contribution is 2.30. The summed E-state index contributed by atoms with van der Waals surface area (Å²) in [7, 11) is 1.64. The van der Waals surface area contributed by atoms with Crippen molar-refractivity contribution in [3.63, 3.8) is 0 Å². The van der Waals surface area contributed by atoms with Gasteiger partial charge in [-0.3, -0.25) is 4.79 Å². The molecule has 5 heteroatoms. The molecular formula is C12H18BrN3O. The van der Waals surface area contributed by atoms with E-state index in [0.29, 0.717) is 6.54 Å². The predicted molar refractivity (Wildman–Crippen MR) is 75.2 cm³/mol. The first-order chi connectivity index (χ1) is 7.99. The van der Waals surface area contributed by atoms with E-state index < -0.39 is 0 Å². The number of nitrogens with zero attached hydrogens (tertiary/aromatic N) is 1. The van der Waals surface area contributed by atoms with E-state index in [-0.39, 0.29) is 5.91 Å². The highest BCUT2D eigenvalue weighted by molar-refractivity contribution is 9.10. The number of likely N-dealkylation sites (N-methyl/N-ethyl adjacent to an activating group) is 2. The number of aryl methyl sites for hydroxylation is 1. The van der Waals surface area contributed by atoms with Crippen LogP contribution in [0, 0.1) is 6.92 Å². The van der Waals surface area contributed by atoms with E-state index in [0.717, 1.165) is 28.0 Å². The molecule has 1 aromatic carbocycles. The number of anilines is 2. The lowest BCUT2D eigenvalue weighted by atomic mass is 10.1. The molecule has 0 aliphatic rings. The standard InChI is InChI=1S/C12H18BrN3O/c1-4-16(7-12(17)15-3)11-5-8(2)10(14)6-9(11)13/h5-6H,4,7,14H2,1-3H3,(H,15,17). The van der Waals surface area contributed by atoms with Gasteiger partial charge in [0.1, 0.15) is 0 Å². The SMILES string of the molecule is CCN(CC(=O)NC)c1cc(C)c(N)cc1Br. The Labute approximate surface area is 110 Å². The minimum absolute atomic E-state index is 0.00627. The highest BCUT2D eigenvalue weighted by atomic mass is 79.9. The molecule has 0 aromatic heterocycles. The molecule has 0 unspecified atom stereocenters. The molecule has 0 radical (unpaired) electrons. The van der Waals surface area contributed by atoms with Gasteiger partial charge in [0.15, 0.2) is 0 Å². The van der Waals surface area contributed by atoms with Crippen molar-refractivity contribution < 1.29 is 4.79 Å². The minimum Gasteiger partial charge on any atom is -0.398 e. The zero-order chi connectivity index (χ0) is 13.0. The van der Waals surface area contributed by atoms with Gasteiger partial charge in [-0.15, -0.1) is 0 Å². The highest BCUT2D eigenvalue weighted by Gasteiger charge is 2.13. The lowest BCUT2D eigenvalue weighted by Crippen LogP contribution is -2.35. The molecular weight excluding hydrogens is 282 g/mol. The van der Waals surface area contributed by atoms with E-state index >= 15 is 0 Å². The van der Waals surface area contributed by atoms with Crippen LogP contribution in [0.3, 0.4) is 0 Å². The van der Waals surface area contributed by atoms with Crippen LogP contribution in [0.25, 0.3) is 0 Å². The molecule has 0 heterocycles. The summed E-state index contributed by atoms with van der Waals surface area (Å²) < 4.78 is 0.909. The molecule has 4 nitrogen and oxygen atoms in total. The van der Waals surface area contributed by atoms with Gasteiger partial charge >= 0.3 is 0 Å². The van der Waals surface area contributed by atoms with Crippen LogP contribution >= 0.6 is 15.9 Å². The molecule has 3 N–H and O–H groups in total. The molecule has 0 spiro atoms. The van der Waals surface area contributed by atoms with Gasteiger partial charge < -0.3 is 16.0 Å². The number of nitrogen functional groups attached to an aromatic ring is 1. The number of hydrogen-bond acceptors (Lipinski definition) is 3. The first-order valence-electron chi connectivity index (χ1n) is 5.50. The lowest BCUT2D eigenvalue weighted by molar-refractivity contribution is -0.119. The number of hydrogen-bond donors (Lipinski definition) is 2. The Bertz CT molecular complexity index is 420. The van der Waals surface area contributed by atoms with Gasteiger partial charge in [0.05, 0.1) is 12.2 Å². The van der Waals surface area contributed by atoms with E-state index in [1.54, 1.807) is 7.05 Å². The lowest BCUT2D eigenvalue weighted by Gasteiger charge is -2.24. The molecule has 1 rings (SSSR count). The van der Waals surface area contributed by atoms with Crippen LogP contribution in [0.1, 0.15) is 12.5 Å². The van der Waals surface area contributed by atoms with Crippen LogP contribution in [0.5, 0.6) is 0 Å². The summed E-state index contributed by atoms with van der Waals surface area (Å²) >= 11 is 3.48. The van der Waals surface area contributed by atoms with Crippen molar-refractivity contribution in [2.24, 2.45) is 0 Å². The van der Waals surface area contributed by atoms with E-state index in [4.69, 9.17) is 5.73 Å². The molecule has 0 atom stereocenters. The quantitative estimate of drug-likeness (QED) is 0.835. The number of carbonyl (C=O) groups is 1. The third-order valence-corrected chi connectivity index (χ3v) is 3.31. The van der Waals surface area contributed by atoms with Crippen LogP contribution in [-0.4, -0.2) is 26.0 Å². The molecule has 0 aliphatic carbocycles. The first-order valence-corrected chi connectivity index (χ1v) is 6.30. The Balaban J connectivity index is 3.03. The first kappa shape index (κ1) is 13.8. The zero-order valence-electron chi connectivity index (χ0n) is 10.4. The Morgan fingerprint density at radius 1 is 1.53 bits per heavy atom. The van der Waals surface area contributed by atoms with Gasteiger partial charge in [0.2, 0.25) is 5.91 Å². The van der Waals surface area contributed by atoms with Crippen LogP contribution in [0.15, 0.2) is 16.6 Å². The number of carbonyl (C=O) groups excluding carboxylic acids is 1. The average molecular weight is 300 g/mol. The summed E-state index contributed by atoms with van der Waals surface area (Å²) in [6.07, 6.45) is 0. The second-order valence-electron chi connectivity index (χ2n) is 3.85. The second-order valence-corrected chi connectivity index (χ2v) is 4.70. The van der Waals surface area contributed by atoms with E-state index in [1.165, 1.54) is 0 Å². The maximum atomic E-state index is 11.4. The minimum atomic E-state index is -0.00627. The van der Waals surface area contributed by atoms with Crippen molar-refractivity contribution in [2.75, 3.05) is 30.8 Å². The van der Waals surface area contributed by atoms with Crippen molar-refractivity contribution in [3.05, 3.63) is 22.2 Å². The maximum Gasteiger partial charge on any atom is 0.239 e. The smallest absolute Gasteiger partial charge is 0.239 e. The molecule has 0 saturated carbocycles. The van der Waals surface area contributed by atoms with Gasteiger partial charge in [-0.1, -0.05) is 0 Å². The summed E-state index contributed by atoms with van der Waals surface area (Å²) in [5.41, 5.74) is 8.58. The summed E-state index contributed by atoms with van der Waals surface area (Å²) in [6, 6.07) is 3.86. The van der Waals surface area contributed by atoms with E-state index in [9.17, 15) is 4.79 Å². The summed E-state index contributed by atoms with van der Waals surface area (Å²) in [4.78, 5) is 13.4. The number of halogens is 1. The van der Waals surface area contributed by atoms with E-state index in [2.05, 4.69) is 21.2 Å². The largest absolute Gasteiger partial charge is 0.398 e. The Morgan fingerprint density at radius 2 is 2.18 bits per heavy atom. The van der Waals surface area contributed by atoms with Gasteiger partial charge in [0, 0.05) is 23.8 Å². The van der Waals surface area contributed by atoms with Crippen molar-refractivity contribution >= 4 is 33.2 Å². The molecule has 0 fully saturated rings.